The standard InChI is InChI=1S/C22H38O4/c1-4-5-6-7-8-9-10-11-12-13-14-18-25-21(23)16-15-17-22(24)26-19-20(2)3/h20H,4-12,15-19H2,1-3H3. The van der Waals surface area contributed by atoms with Gasteiger partial charge in [0.25, 0.3) is 0 Å². The predicted molar refractivity (Wildman–Crippen MR) is 106 cm³/mol. The van der Waals surface area contributed by atoms with Crippen molar-refractivity contribution in [3.8, 4) is 11.8 Å². The van der Waals surface area contributed by atoms with Gasteiger partial charge in [-0.2, -0.15) is 0 Å². The summed E-state index contributed by atoms with van der Waals surface area (Å²) in [6.07, 6.45) is 12.2. The maximum Gasteiger partial charge on any atom is 0.306 e. The van der Waals surface area contributed by atoms with E-state index in [1.54, 1.807) is 0 Å². The molecule has 0 heterocycles. The fourth-order valence-corrected chi connectivity index (χ4v) is 2.38. The number of carbonyl (C=O) groups excluding carboxylic acids is 2. The minimum absolute atomic E-state index is 0.146. The highest BCUT2D eigenvalue weighted by Crippen LogP contribution is 2.09. The van der Waals surface area contributed by atoms with Crippen LogP contribution in [-0.4, -0.2) is 25.2 Å². The van der Waals surface area contributed by atoms with Crippen molar-refractivity contribution in [2.75, 3.05) is 13.2 Å². The van der Waals surface area contributed by atoms with Crippen molar-refractivity contribution in [2.45, 2.75) is 97.8 Å². The highest BCUT2D eigenvalue weighted by Gasteiger charge is 2.07. The average Bonchev–Trinajstić information content (AvgIpc) is 2.61. The van der Waals surface area contributed by atoms with Crippen LogP contribution < -0.4 is 0 Å². The van der Waals surface area contributed by atoms with Crippen LogP contribution >= 0.6 is 0 Å². The maximum absolute atomic E-state index is 11.5. The molecule has 0 N–H and O–H groups in total. The van der Waals surface area contributed by atoms with Gasteiger partial charge in [0.1, 0.15) is 0 Å². The molecule has 0 aromatic carbocycles. The zero-order valence-corrected chi connectivity index (χ0v) is 17.1. The summed E-state index contributed by atoms with van der Waals surface area (Å²) >= 11 is 0. The lowest BCUT2D eigenvalue weighted by Crippen LogP contribution is -2.11. The fourth-order valence-electron chi connectivity index (χ4n) is 2.38. The number of hydrogen-bond donors (Lipinski definition) is 0. The van der Waals surface area contributed by atoms with Gasteiger partial charge in [0.15, 0.2) is 6.61 Å². The smallest absolute Gasteiger partial charge is 0.306 e. The largest absolute Gasteiger partial charge is 0.465 e. The quantitative estimate of drug-likeness (QED) is 0.220. The monoisotopic (exact) mass is 366 g/mol. The third kappa shape index (κ3) is 18.8. The molecule has 0 saturated carbocycles. The van der Waals surface area contributed by atoms with Crippen LogP contribution in [0, 0.1) is 17.8 Å². The van der Waals surface area contributed by atoms with E-state index in [1.807, 2.05) is 13.8 Å². The topological polar surface area (TPSA) is 52.6 Å². The Kier molecular flexibility index (Phi) is 17.2. The SMILES string of the molecule is CCCCCCCCCCC#CCOC(=O)CCCC(=O)OCC(C)C. The lowest BCUT2D eigenvalue weighted by atomic mass is 10.1. The summed E-state index contributed by atoms with van der Waals surface area (Å²) in [5.41, 5.74) is 0. The van der Waals surface area contributed by atoms with Crippen molar-refractivity contribution < 1.29 is 19.1 Å². The van der Waals surface area contributed by atoms with E-state index in [2.05, 4.69) is 18.8 Å². The number of ether oxygens (including phenoxy) is 2. The maximum atomic E-state index is 11.5. The molecular formula is C22H38O4. The lowest BCUT2D eigenvalue weighted by molar-refractivity contribution is -0.145. The zero-order chi connectivity index (χ0) is 19.5. The Morgan fingerprint density at radius 1 is 0.769 bits per heavy atom. The molecule has 0 fully saturated rings. The van der Waals surface area contributed by atoms with Crippen LogP contribution in [0.25, 0.3) is 0 Å². The van der Waals surface area contributed by atoms with E-state index < -0.39 is 0 Å². The molecule has 4 nitrogen and oxygen atoms in total. The van der Waals surface area contributed by atoms with E-state index in [-0.39, 0.29) is 31.4 Å². The number of carbonyl (C=O) groups is 2. The number of hydrogen-bond acceptors (Lipinski definition) is 4. The Balaban J connectivity index is 3.43. The van der Waals surface area contributed by atoms with E-state index in [9.17, 15) is 9.59 Å². The van der Waals surface area contributed by atoms with E-state index in [4.69, 9.17) is 9.47 Å². The zero-order valence-electron chi connectivity index (χ0n) is 17.1. The van der Waals surface area contributed by atoms with Crippen LogP contribution in [0.1, 0.15) is 97.8 Å². The van der Waals surface area contributed by atoms with Crippen molar-refractivity contribution in [1.29, 1.82) is 0 Å². The first-order chi connectivity index (χ1) is 12.6. The van der Waals surface area contributed by atoms with Crippen molar-refractivity contribution >= 4 is 11.9 Å². The van der Waals surface area contributed by atoms with E-state index in [1.165, 1.54) is 44.9 Å². The molecule has 0 aliphatic heterocycles. The molecular weight excluding hydrogens is 328 g/mol. The van der Waals surface area contributed by atoms with Gasteiger partial charge in [-0.15, -0.1) is 0 Å². The van der Waals surface area contributed by atoms with Crippen molar-refractivity contribution in [2.24, 2.45) is 5.92 Å². The Hall–Kier alpha value is -1.50. The van der Waals surface area contributed by atoms with Crippen LogP contribution in [0.2, 0.25) is 0 Å². The lowest BCUT2D eigenvalue weighted by Gasteiger charge is -2.06. The molecule has 4 heteroatoms. The normalized spacial score (nSPS) is 10.3. The third-order valence-electron chi connectivity index (χ3n) is 3.93. The molecule has 0 aliphatic rings. The molecule has 0 saturated heterocycles. The molecule has 0 bridgehead atoms. The molecule has 26 heavy (non-hydrogen) atoms. The van der Waals surface area contributed by atoms with Crippen molar-refractivity contribution in [3.63, 3.8) is 0 Å². The predicted octanol–water partition coefficient (Wildman–Crippen LogP) is 5.43. The fraction of sp³-hybridized carbons (Fsp3) is 0.818. The van der Waals surface area contributed by atoms with Gasteiger partial charge in [-0.3, -0.25) is 9.59 Å². The molecule has 0 unspecified atom stereocenters. The molecule has 0 radical (unpaired) electrons. The number of unbranched alkanes of at least 4 members (excludes halogenated alkanes) is 8. The van der Waals surface area contributed by atoms with Crippen LogP contribution in [0.15, 0.2) is 0 Å². The van der Waals surface area contributed by atoms with Gasteiger partial charge in [0, 0.05) is 19.3 Å². The first kappa shape index (κ1) is 24.5. The minimum atomic E-state index is -0.303. The first-order valence-electron chi connectivity index (χ1n) is 10.3. The second-order valence-electron chi connectivity index (χ2n) is 7.17. The molecule has 0 spiro atoms. The van der Waals surface area contributed by atoms with Gasteiger partial charge in [0.2, 0.25) is 0 Å². The summed E-state index contributed by atoms with van der Waals surface area (Å²) in [7, 11) is 0. The van der Waals surface area contributed by atoms with Gasteiger partial charge in [-0.1, -0.05) is 77.6 Å². The van der Waals surface area contributed by atoms with Crippen LogP contribution in [-0.2, 0) is 19.1 Å². The highest BCUT2D eigenvalue weighted by atomic mass is 16.5. The minimum Gasteiger partial charge on any atom is -0.465 e. The first-order valence-corrected chi connectivity index (χ1v) is 10.3. The molecule has 0 amide bonds. The molecule has 0 aromatic heterocycles. The molecule has 0 aromatic rings. The number of rotatable bonds is 15. The van der Waals surface area contributed by atoms with Crippen molar-refractivity contribution in [1.82, 2.24) is 0 Å². The molecule has 0 atom stereocenters. The van der Waals surface area contributed by atoms with E-state index >= 15 is 0 Å². The van der Waals surface area contributed by atoms with Gasteiger partial charge in [-0.05, 0) is 18.8 Å². The van der Waals surface area contributed by atoms with Gasteiger partial charge >= 0.3 is 11.9 Å². The number of esters is 2. The van der Waals surface area contributed by atoms with Crippen LogP contribution in [0.3, 0.4) is 0 Å². The van der Waals surface area contributed by atoms with E-state index in [0.29, 0.717) is 18.9 Å². The molecule has 150 valence electrons. The summed E-state index contributed by atoms with van der Waals surface area (Å²) in [5.74, 6) is 5.71. The van der Waals surface area contributed by atoms with Crippen LogP contribution in [0.5, 0.6) is 0 Å². The Bertz CT molecular complexity index is 418. The van der Waals surface area contributed by atoms with Crippen LogP contribution in [0.4, 0.5) is 0 Å². The summed E-state index contributed by atoms with van der Waals surface area (Å²) < 4.78 is 10.1. The Morgan fingerprint density at radius 2 is 1.35 bits per heavy atom. The average molecular weight is 367 g/mol. The summed E-state index contributed by atoms with van der Waals surface area (Å²) in [4.78, 5) is 22.9. The van der Waals surface area contributed by atoms with E-state index in [0.717, 1.165) is 12.8 Å². The third-order valence-corrected chi connectivity index (χ3v) is 3.93. The van der Waals surface area contributed by atoms with Crippen molar-refractivity contribution in [3.05, 3.63) is 0 Å². The highest BCUT2D eigenvalue weighted by molar-refractivity contribution is 5.72. The van der Waals surface area contributed by atoms with Gasteiger partial charge < -0.3 is 9.47 Å². The summed E-state index contributed by atoms with van der Waals surface area (Å²) in [5, 5.41) is 0. The van der Waals surface area contributed by atoms with Gasteiger partial charge in [0.05, 0.1) is 6.61 Å². The van der Waals surface area contributed by atoms with Gasteiger partial charge in [-0.25, -0.2) is 0 Å². The Morgan fingerprint density at radius 3 is 1.96 bits per heavy atom. The summed E-state index contributed by atoms with van der Waals surface area (Å²) in [6.45, 7) is 6.78. The summed E-state index contributed by atoms with van der Waals surface area (Å²) in [6, 6.07) is 0. The Labute approximate surface area is 160 Å². The molecule has 0 rings (SSSR count). The molecule has 0 aliphatic carbocycles. The second kappa shape index (κ2) is 18.3. The second-order valence-corrected chi connectivity index (χ2v) is 7.17.